The minimum Gasteiger partial charge on any atom is -0.387 e. The first-order valence-corrected chi connectivity index (χ1v) is 13.8. The molecule has 7 atom stereocenters. The normalized spacial score (nSPS) is 28.1. The Morgan fingerprint density at radius 1 is 1.03 bits per heavy atom. The average molecular weight is 549 g/mol. The molecule has 21 heteroatoms. The van der Waals surface area contributed by atoms with E-state index in [0.29, 0.717) is 0 Å². The number of aromatic nitrogens is 4. The van der Waals surface area contributed by atoms with Crippen molar-refractivity contribution < 1.29 is 61.4 Å². The van der Waals surface area contributed by atoms with Crippen molar-refractivity contribution in [2.75, 3.05) is 5.73 Å². The number of ether oxygens (including phenoxy) is 1. The third-order valence-electron chi connectivity index (χ3n) is 4.59. The van der Waals surface area contributed by atoms with E-state index in [9.17, 15) is 33.7 Å². The molecule has 8 N–H and O–H groups in total. The summed E-state index contributed by atoms with van der Waals surface area (Å²) in [5, 5.41) is 21.1. The second-order valence-corrected chi connectivity index (χ2v) is 11.8. The third kappa shape index (κ3) is 6.06. The maximum absolute atomic E-state index is 12.3. The summed E-state index contributed by atoms with van der Waals surface area (Å²) in [6, 6.07) is 0. The van der Waals surface area contributed by atoms with Crippen LogP contribution >= 0.6 is 23.5 Å². The smallest absolute Gasteiger partial charge is 0.387 e. The van der Waals surface area contributed by atoms with E-state index >= 15 is 0 Å². The maximum Gasteiger partial charge on any atom is 0.490 e. The van der Waals surface area contributed by atoms with Gasteiger partial charge in [0.05, 0.1) is 6.33 Å². The van der Waals surface area contributed by atoms with Gasteiger partial charge in [-0.25, -0.2) is 28.6 Å². The van der Waals surface area contributed by atoms with Crippen molar-refractivity contribution in [2.45, 2.75) is 44.5 Å². The van der Waals surface area contributed by atoms with Gasteiger partial charge in [-0.2, -0.15) is 8.62 Å². The standard InChI is InChI=1S/C13H22N5O13P3/c1-5(2)9(29-33(24,25)31-34(26,27)30-32(21,22)23)10-7(19)8(20)13(28-10)18-4-17-6-11(14)15-3-16-12(6)18/h3-5,7-10,13,19-20H,1-2H3,(H,24,25)(H,26,27)(H2,14,15,16)(H2,21,22,23)/t7-,8+,9?,10-,13+/m0/s1. The van der Waals surface area contributed by atoms with Gasteiger partial charge in [0.1, 0.15) is 36.3 Å². The lowest BCUT2D eigenvalue weighted by atomic mass is 9.97. The van der Waals surface area contributed by atoms with Crippen LogP contribution in [0.1, 0.15) is 20.1 Å². The van der Waals surface area contributed by atoms with Gasteiger partial charge in [-0.1, -0.05) is 13.8 Å². The first-order valence-electron chi connectivity index (χ1n) is 9.28. The minimum absolute atomic E-state index is 0.0426. The van der Waals surface area contributed by atoms with E-state index in [1.165, 1.54) is 24.7 Å². The van der Waals surface area contributed by atoms with Crippen LogP contribution in [0.3, 0.4) is 0 Å². The highest BCUT2D eigenvalue weighted by atomic mass is 31.3. The summed E-state index contributed by atoms with van der Waals surface area (Å²) < 4.78 is 53.9. The van der Waals surface area contributed by atoms with Crippen molar-refractivity contribution in [1.29, 1.82) is 0 Å². The summed E-state index contributed by atoms with van der Waals surface area (Å²) >= 11 is 0. The number of nitrogen functional groups attached to an aromatic ring is 1. The van der Waals surface area contributed by atoms with Gasteiger partial charge in [0.2, 0.25) is 0 Å². The number of fused-ring (bicyclic) bond motifs is 1. The number of hydrogen-bond donors (Lipinski definition) is 7. The number of aliphatic hydroxyl groups is 2. The Morgan fingerprint density at radius 2 is 1.68 bits per heavy atom. The SMILES string of the molecule is CC(C)C(OP(=O)(O)OP(=O)(O)OP(=O)(O)O)[C@H]1O[C@@H](n2cnc3c(N)ncnc32)[C@H](O)[C@@H]1O. The van der Waals surface area contributed by atoms with E-state index in [-0.39, 0.29) is 17.0 Å². The van der Waals surface area contributed by atoms with Crippen LogP contribution in [-0.2, 0) is 31.6 Å². The highest BCUT2D eigenvalue weighted by Crippen LogP contribution is 2.67. The zero-order valence-electron chi connectivity index (χ0n) is 17.4. The molecule has 192 valence electrons. The van der Waals surface area contributed by atoms with Crippen LogP contribution in [0, 0.1) is 5.92 Å². The van der Waals surface area contributed by atoms with Crippen LogP contribution in [0.4, 0.5) is 5.82 Å². The van der Waals surface area contributed by atoms with Crippen molar-refractivity contribution in [3.63, 3.8) is 0 Å². The highest BCUT2D eigenvalue weighted by molar-refractivity contribution is 7.66. The van der Waals surface area contributed by atoms with Crippen LogP contribution in [0.2, 0.25) is 0 Å². The summed E-state index contributed by atoms with van der Waals surface area (Å²) in [6.07, 6.45) is -5.34. The summed E-state index contributed by atoms with van der Waals surface area (Å²) in [7, 11) is -16.9. The topological polar surface area (TPSA) is 279 Å². The number of rotatable bonds is 9. The predicted octanol–water partition coefficient (Wildman–Crippen LogP) is -0.604. The lowest BCUT2D eigenvalue weighted by Crippen LogP contribution is -2.42. The molecular formula is C13H22N5O13P3. The zero-order valence-corrected chi connectivity index (χ0v) is 20.1. The highest BCUT2D eigenvalue weighted by Gasteiger charge is 2.51. The van der Waals surface area contributed by atoms with E-state index in [1.54, 1.807) is 0 Å². The molecule has 0 bridgehead atoms. The van der Waals surface area contributed by atoms with E-state index in [1.807, 2.05) is 0 Å². The van der Waals surface area contributed by atoms with Crippen LogP contribution in [0.25, 0.3) is 11.2 Å². The third-order valence-corrected chi connectivity index (χ3v) is 8.43. The summed E-state index contributed by atoms with van der Waals surface area (Å²) in [6.45, 7) is 2.93. The van der Waals surface area contributed by atoms with Gasteiger partial charge in [0, 0.05) is 0 Å². The molecule has 0 aromatic carbocycles. The Balaban J connectivity index is 1.84. The molecule has 0 saturated carbocycles. The Labute approximate surface area is 190 Å². The fourth-order valence-electron chi connectivity index (χ4n) is 3.26. The van der Waals surface area contributed by atoms with E-state index in [4.69, 9.17) is 24.8 Å². The average Bonchev–Trinajstić information content (AvgIpc) is 3.20. The predicted molar refractivity (Wildman–Crippen MR) is 109 cm³/mol. The van der Waals surface area contributed by atoms with E-state index in [0.717, 1.165) is 6.33 Å². The van der Waals surface area contributed by atoms with Crippen LogP contribution in [0.5, 0.6) is 0 Å². The number of phosphoric acid groups is 3. The molecule has 3 unspecified atom stereocenters. The molecule has 3 heterocycles. The van der Waals surface area contributed by atoms with Crippen molar-refractivity contribution in [3.05, 3.63) is 12.7 Å². The molecule has 2 aromatic rings. The van der Waals surface area contributed by atoms with Gasteiger partial charge >= 0.3 is 23.5 Å². The number of nitrogens with two attached hydrogens (primary N) is 1. The fourth-order valence-corrected chi connectivity index (χ4v) is 6.59. The van der Waals surface area contributed by atoms with Crippen molar-refractivity contribution in [1.82, 2.24) is 19.5 Å². The molecule has 1 aliphatic rings. The van der Waals surface area contributed by atoms with Crippen molar-refractivity contribution >= 4 is 40.4 Å². The number of anilines is 1. The monoisotopic (exact) mass is 549 g/mol. The molecule has 18 nitrogen and oxygen atoms in total. The van der Waals surface area contributed by atoms with Crippen LogP contribution < -0.4 is 5.73 Å². The molecule has 0 amide bonds. The number of nitrogens with zero attached hydrogens (tertiary/aromatic N) is 4. The summed E-state index contributed by atoms with van der Waals surface area (Å²) in [5.41, 5.74) is 6.07. The lowest BCUT2D eigenvalue weighted by Gasteiger charge is -2.30. The molecule has 1 saturated heterocycles. The molecule has 1 fully saturated rings. The second kappa shape index (κ2) is 9.59. The Bertz CT molecular complexity index is 1190. The van der Waals surface area contributed by atoms with Gasteiger partial charge in [-0.15, -0.1) is 0 Å². The van der Waals surface area contributed by atoms with E-state index in [2.05, 4.69) is 23.6 Å². The number of imidazole rings is 1. The molecule has 2 aromatic heterocycles. The van der Waals surface area contributed by atoms with Crippen molar-refractivity contribution in [2.24, 2.45) is 5.92 Å². The number of aliphatic hydroxyl groups excluding tert-OH is 2. The summed E-state index contributed by atoms with van der Waals surface area (Å²) in [4.78, 5) is 48.3. The molecule has 0 radical (unpaired) electrons. The van der Waals surface area contributed by atoms with E-state index < -0.39 is 60.0 Å². The first-order chi connectivity index (χ1) is 15.5. The molecule has 0 aliphatic carbocycles. The number of phosphoric ester groups is 1. The molecule has 34 heavy (non-hydrogen) atoms. The Hall–Kier alpha value is -1.36. The van der Waals surface area contributed by atoms with Gasteiger partial charge < -0.3 is 40.3 Å². The van der Waals surface area contributed by atoms with Gasteiger partial charge in [0.25, 0.3) is 0 Å². The molecule has 0 spiro atoms. The van der Waals surface area contributed by atoms with Crippen LogP contribution in [-0.4, -0.2) is 73.7 Å². The molecule has 3 rings (SSSR count). The Morgan fingerprint density at radius 3 is 2.26 bits per heavy atom. The molecular weight excluding hydrogens is 527 g/mol. The Kier molecular flexibility index (Phi) is 7.68. The quantitative estimate of drug-likeness (QED) is 0.192. The maximum atomic E-state index is 12.3. The largest absolute Gasteiger partial charge is 0.490 e. The fraction of sp³-hybridized carbons (Fsp3) is 0.615. The van der Waals surface area contributed by atoms with Gasteiger partial charge in [0.15, 0.2) is 17.7 Å². The number of hydrogen-bond acceptors (Lipinski definition) is 13. The van der Waals surface area contributed by atoms with Gasteiger partial charge in [-0.05, 0) is 5.92 Å². The molecule has 1 aliphatic heterocycles. The van der Waals surface area contributed by atoms with Crippen molar-refractivity contribution in [3.8, 4) is 0 Å². The second-order valence-electron chi connectivity index (χ2n) is 7.46. The lowest BCUT2D eigenvalue weighted by molar-refractivity contribution is -0.0930. The minimum atomic E-state index is -5.76. The van der Waals surface area contributed by atoms with Gasteiger partial charge in [-0.3, -0.25) is 9.09 Å². The summed E-state index contributed by atoms with van der Waals surface area (Å²) in [5.74, 6) is -0.686. The zero-order chi connectivity index (χ0) is 25.6. The van der Waals surface area contributed by atoms with Crippen LogP contribution in [0.15, 0.2) is 12.7 Å². The first kappa shape index (κ1) is 27.2.